The lowest BCUT2D eigenvalue weighted by molar-refractivity contribution is 0.198. The van der Waals surface area contributed by atoms with E-state index in [0.29, 0.717) is 6.61 Å². The minimum atomic E-state index is 0.713. The lowest BCUT2D eigenvalue weighted by Gasteiger charge is -2.10. The maximum Gasteiger partial charge on any atom is 0.186 e. The number of fused-ring (bicyclic) bond motifs is 3. The molecule has 6 nitrogen and oxygen atoms in total. The number of ether oxygens (including phenoxy) is 1. The van der Waals surface area contributed by atoms with Crippen LogP contribution in [0, 0.1) is 0 Å². The van der Waals surface area contributed by atoms with E-state index in [1.54, 1.807) is 11.6 Å². The molecule has 4 aromatic rings. The third kappa shape index (κ3) is 3.15. The Morgan fingerprint density at radius 2 is 2.04 bits per heavy atom. The summed E-state index contributed by atoms with van der Waals surface area (Å²) in [6.45, 7) is 1.50. The summed E-state index contributed by atoms with van der Waals surface area (Å²) >= 11 is 3.52. The summed E-state index contributed by atoms with van der Waals surface area (Å²) in [4.78, 5) is 4.84. The van der Waals surface area contributed by atoms with Gasteiger partial charge < -0.3 is 10.1 Å². The van der Waals surface area contributed by atoms with E-state index in [4.69, 9.17) is 9.72 Å². The first-order chi connectivity index (χ1) is 12.8. The van der Waals surface area contributed by atoms with Gasteiger partial charge in [-0.1, -0.05) is 45.4 Å². The Morgan fingerprint density at radius 1 is 1.15 bits per heavy atom. The van der Waals surface area contributed by atoms with Crippen molar-refractivity contribution < 1.29 is 4.74 Å². The molecule has 2 aromatic heterocycles. The number of benzene rings is 2. The molecular formula is C19H18BrN5O. The number of para-hydroxylation sites is 1. The molecule has 0 fully saturated rings. The van der Waals surface area contributed by atoms with Crippen LogP contribution in [0.4, 0.5) is 5.82 Å². The average molecular weight is 412 g/mol. The van der Waals surface area contributed by atoms with E-state index in [1.807, 2.05) is 48.5 Å². The molecule has 0 bridgehead atoms. The van der Waals surface area contributed by atoms with Gasteiger partial charge in [-0.2, -0.15) is 4.52 Å². The highest BCUT2D eigenvalue weighted by molar-refractivity contribution is 9.10. The number of aromatic nitrogens is 4. The summed E-state index contributed by atoms with van der Waals surface area (Å²) in [6, 6.07) is 16.1. The number of halogens is 1. The van der Waals surface area contributed by atoms with Gasteiger partial charge in [0.05, 0.1) is 5.52 Å². The molecule has 0 aliphatic carbocycles. The van der Waals surface area contributed by atoms with E-state index < -0.39 is 0 Å². The molecule has 4 rings (SSSR count). The smallest absolute Gasteiger partial charge is 0.186 e. The fourth-order valence-corrected chi connectivity index (χ4v) is 3.34. The van der Waals surface area contributed by atoms with Crippen molar-refractivity contribution in [3.63, 3.8) is 0 Å². The Labute approximate surface area is 159 Å². The molecule has 2 aromatic carbocycles. The Hall–Kier alpha value is -2.51. The fourth-order valence-electron chi connectivity index (χ4n) is 2.94. The molecule has 0 spiro atoms. The normalized spacial score (nSPS) is 11.3. The highest BCUT2D eigenvalue weighted by Gasteiger charge is 2.15. The zero-order valence-corrected chi connectivity index (χ0v) is 15.9. The molecule has 0 aliphatic heterocycles. The van der Waals surface area contributed by atoms with Crippen molar-refractivity contribution in [2.75, 3.05) is 25.6 Å². The first kappa shape index (κ1) is 16.9. The summed E-state index contributed by atoms with van der Waals surface area (Å²) in [5.41, 5.74) is 3.44. The van der Waals surface area contributed by atoms with Crippen LogP contribution in [-0.4, -0.2) is 40.1 Å². The highest BCUT2D eigenvalue weighted by atomic mass is 79.9. The molecule has 0 aliphatic rings. The molecular weight excluding hydrogens is 394 g/mol. The van der Waals surface area contributed by atoms with E-state index in [0.717, 1.165) is 51.1 Å². The van der Waals surface area contributed by atoms with Gasteiger partial charge in [0.25, 0.3) is 0 Å². The first-order valence-corrected chi connectivity index (χ1v) is 9.20. The Balaban J connectivity index is 1.85. The second kappa shape index (κ2) is 7.39. The molecule has 26 heavy (non-hydrogen) atoms. The van der Waals surface area contributed by atoms with E-state index in [2.05, 4.69) is 31.6 Å². The lowest BCUT2D eigenvalue weighted by Crippen LogP contribution is -2.08. The van der Waals surface area contributed by atoms with Crippen molar-refractivity contribution in [1.29, 1.82) is 0 Å². The number of methoxy groups -OCH3 is 1. The number of nitrogens with zero attached hydrogens (tertiary/aromatic N) is 4. The predicted octanol–water partition coefficient (Wildman–Crippen LogP) is 4.16. The van der Waals surface area contributed by atoms with Gasteiger partial charge in [-0.3, -0.25) is 0 Å². The van der Waals surface area contributed by atoms with Crippen LogP contribution < -0.4 is 5.32 Å². The van der Waals surface area contributed by atoms with E-state index in [9.17, 15) is 0 Å². The summed E-state index contributed by atoms with van der Waals surface area (Å²) < 4.78 is 7.92. The van der Waals surface area contributed by atoms with Gasteiger partial charge in [-0.25, -0.2) is 4.98 Å². The van der Waals surface area contributed by atoms with Gasteiger partial charge >= 0.3 is 0 Å². The van der Waals surface area contributed by atoms with E-state index >= 15 is 0 Å². The molecule has 0 atom stereocenters. The zero-order valence-electron chi connectivity index (χ0n) is 14.3. The highest BCUT2D eigenvalue weighted by Crippen LogP contribution is 2.29. The van der Waals surface area contributed by atoms with Gasteiger partial charge in [0, 0.05) is 35.7 Å². The second-order valence-electron chi connectivity index (χ2n) is 5.93. The largest absolute Gasteiger partial charge is 0.385 e. The monoisotopic (exact) mass is 411 g/mol. The predicted molar refractivity (Wildman–Crippen MR) is 106 cm³/mol. The standard InChI is InChI=1S/C19H18BrN5O/c1-26-11-5-10-21-18-15-8-2-3-9-16(15)25-19(22-18)17(23-24-25)13-6-4-7-14(20)12-13/h2-4,6-9,12H,5,10-11H2,1H3,(H,21,22). The zero-order chi connectivity index (χ0) is 17.9. The molecule has 1 N–H and O–H groups in total. The molecule has 0 saturated heterocycles. The molecule has 132 valence electrons. The van der Waals surface area contributed by atoms with Crippen LogP contribution in [0.2, 0.25) is 0 Å². The number of nitrogens with one attached hydrogen (secondary N) is 1. The Kier molecular flexibility index (Phi) is 4.81. The van der Waals surface area contributed by atoms with Crippen LogP contribution in [0.1, 0.15) is 6.42 Å². The number of anilines is 1. The molecule has 0 radical (unpaired) electrons. The summed E-state index contributed by atoms with van der Waals surface area (Å²) in [6.07, 6.45) is 0.910. The maximum atomic E-state index is 5.12. The van der Waals surface area contributed by atoms with Crippen LogP contribution in [0.25, 0.3) is 27.8 Å². The van der Waals surface area contributed by atoms with Crippen LogP contribution in [0.5, 0.6) is 0 Å². The van der Waals surface area contributed by atoms with Gasteiger partial charge in [0.2, 0.25) is 0 Å². The first-order valence-electron chi connectivity index (χ1n) is 8.41. The fraction of sp³-hybridized carbons (Fsp3) is 0.211. The number of rotatable bonds is 6. The van der Waals surface area contributed by atoms with Gasteiger partial charge in [-0.15, -0.1) is 5.10 Å². The van der Waals surface area contributed by atoms with E-state index in [-0.39, 0.29) is 0 Å². The third-order valence-corrected chi connectivity index (χ3v) is 4.66. The van der Waals surface area contributed by atoms with Crippen molar-refractivity contribution in [2.45, 2.75) is 6.42 Å². The maximum absolute atomic E-state index is 5.12. The summed E-state index contributed by atoms with van der Waals surface area (Å²) in [5.74, 6) is 0.836. The van der Waals surface area contributed by atoms with Crippen LogP contribution >= 0.6 is 15.9 Å². The van der Waals surface area contributed by atoms with E-state index in [1.165, 1.54) is 0 Å². The second-order valence-corrected chi connectivity index (χ2v) is 6.85. The molecule has 2 heterocycles. The molecule has 0 amide bonds. The van der Waals surface area contributed by atoms with Crippen molar-refractivity contribution in [3.8, 4) is 11.3 Å². The third-order valence-electron chi connectivity index (χ3n) is 4.17. The quantitative estimate of drug-likeness (QED) is 0.482. The van der Waals surface area contributed by atoms with Crippen molar-refractivity contribution in [1.82, 2.24) is 19.8 Å². The van der Waals surface area contributed by atoms with Crippen LogP contribution in [-0.2, 0) is 4.74 Å². The Morgan fingerprint density at radius 3 is 2.88 bits per heavy atom. The Bertz CT molecular complexity index is 1060. The lowest BCUT2D eigenvalue weighted by atomic mass is 10.1. The molecule has 7 heteroatoms. The minimum absolute atomic E-state index is 0.713. The van der Waals surface area contributed by atoms with Gasteiger partial charge in [-0.05, 0) is 30.7 Å². The van der Waals surface area contributed by atoms with Crippen molar-refractivity contribution in [3.05, 3.63) is 53.0 Å². The van der Waals surface area contributed by atoms with Crippen LogP contribution in [0.15, 0.2) is 53.0 Å². The molecule has 0 saturated carbocycles. The van der Waals surface area contributed by atoms with Crippen molar-refractivity contribution in [2.24, 2.45) is 0 Å². The van der Waals surface area contributed by atoms with Crippen molar-refractivity contribution >= 4 is 38.3 Å². The number of hydrogen-bond donors (Lipinski definition) is 1. The number of hydrogen-bond acceptors (Lipinski definition) is 5. The van der Waals surface area contributed by atoms with Crippen LogP contribution in [0.3, 0.4) is 0 Å². The summed E-state index contributed by atoms with van der Waals surface area (Å²) in [7, 11) is 1.71. The summed E-state index contributed by atoms with van der Waals surface area (Å²) in [5, 5.41) is 13.2. The SMILES string of the molecule is COCCCNc1nc2c(-c3cccc(Br)c3)nnn2c2ccccc12. The van der Waals surface area contributed by atoms with Gasteiger partial charge in [0.1, 0.15) is 11.5 Å². The molecule has 0 unspecified atom stereocenters. The minimum Gasteiger partial charge on any atom is -0.385 e. The average Bonchev–Trinajstić information content (AvgIpc) is 3.09. The van der Waals surface area contributed by atoms with Gasteiger partial charge in [0.15, 0.2) is 5.65 Å². The topological polar surface area (TPSA) is 64.3 Å².